The van der Waals surface area contributed by atoms with E-state index in [4.69, 9.17) is 14.2 Å². The van der Waals surface area contributed by atoms with E-state index in [9.17, 15) is 23.5 Å². The van der Waals surface area contributed by atoms with Crippen LogP contribution < -0.4 is 0 Å². The second kappa shape index (κ2) is 20.8. The first-order valence-electron chi connectivity index (χ1n) is 21.0. The molecule has 2 aliphatic rings. The van der Waals surface area contributed by atoms with Crippen LogP contribution in [-0.4, -0.2) is 140 Å². The van der Waals surface area contributed by atoms with Gasteiger partial charge in [-0.1, -0.05) is 24.3 Å². The maximum absolute atomic E-state index is 13.3. The number of aromatic nitrogens is 4. The number of methoxy groups -OCH3 is 1. The van der Waals surface area contributed by atoms with Gasteiger partial charge in [-0.25, -0.2) is 28.3 Å². The van der Waals surface area contributed by atoms with Gasteiger partial charge in [-0.3, -0.25) is 9.80 Å². The van der Waals surface area contributed by atoms with Crippen molar-refractivity contribution in [3.8, 4) is 0 Å². The molecule has 0 aliphatic carbocycles. The highest BCUT2D eigenvalue weighted by molar-refractivity contribution is 5.68. The molecule has 4 heterocycles. The topological polar surface area (TPSA) is 131 Å². The Morgan fingerprint density at radius 1 is 0.639 bits per heavy atom. The van der Waals surface area contributed by atoms with Crippen LogP contribution in [0.1, 0.15) is 102 Å². The van der Waals surface area contributed by atoms with Crippen LogP contribution in [0.3, 0.4) is 0 Å². The minimum absolute atomic E-state index is 0.000471. The van der Waals surface area contributed by atoms with Gasteiger partial charge in [0.25, 0.3) is 0 Å². The minimum atomic E-state index is -0.523. The van der Waals surface area contributed by atoms with Crippen LogP contribution in [0.15, 0.2) is 73.6 Å². The smallest absolute Gasteiger partial charge is 0.410 e. The van der Waals surface area contributed by atoms with Crippen LogP contribution in [0.4, 0.5) is 18.4 Å². The lowest BCUT2D eigenvalue weighted by Gasteiger charge is -2.39. The molecule has 2 aromatic carbocycles. The van der Waals surface area contributed by atoms with Crippen molar-refractivity contribution in [2.24, 2.45) is 0 Å². The lowest BCUT2D eigenvalue weighted by molar-refractivity contribution is 0.00299. The van der Waals surface area contributed by atoms with Gasteiger partial charge in [0.05, 0.1) is 61.4 Å². The summed E-state index contributed by atoms with van der Waals surface area (Å²) in [6, 6.07) is 12.7. The van der Waals surface area contributed by atoms with E-state index in [2.05, 4.69) is 31.3 Å². The quantitative estimate of drug-likeness (QED) is 0.167. The molecule has 6 rings (SSSR count). The number of benzene rings is 2. The number of hydrogen-bond donors (Lipinski definition) is 1. The molecule has 2 fully saturated rings. The van der Waals surface area contributed by atoms with E-state index in [-0.39, 0.29) is 54.6 Å². The van der Waals surface area contributed by atoms with Crippen molar-refractivity contribution in [3.63, 3.8) is 0 Å². The molecule has 4 atom stereocenters. The number of carbonyl (C=O) groups is 2. The molecular formula is C45H64F2N8O6. The molecule has 2 saturated heterocycles. The van der Waals surface area contributed by atoms with Gasteiger partial charge in [-0.15, -0.1) is 0 Å². The summed E-state index contributed by atoms with van der Waals surface area (Å²) in [5, 5.41) is 10.2. The second-order valence-corrected chi connectivity index (χ2v) is 17.6. The Hall–Kier alpha value is -4.90. The van der Waals surface area contributed by atoms with Crippen LogP contribution in [0.2, 0.25) is 0 Å². The number of carbonyl (C=O) groups excluding carboxylic acids is 2. The van der Waals surface area contributed by atoms with Crippen molar-refractivity contribution < 1.29 is 37.7 Å². The molecule has 2 unspecified atom stereocenters. The zero-order chi connectivity index (χ0) is 44.5. The van der Waals surface area contributed by atoms with Crippen molar-refractivity contribution >= 4 is 12.2 Å². The molecule has 0 bridgehead atoms. The molecule has 14 nitrogen and oxygen atoms in total. The van der Waals surface area contributed by atoms with E-state index < -0.39 is 11.2 Å². The summed E-state index contributed by atoms with van der Waals surface area (Å²) in [4.78, 5) is 41.3. The SMILES string of the molecule is COCC(c1cncn1[C@H](C)c1ccc(F)cc1)N1CCN(C(=O)OC(C)(C)C)CC1.C[C@H](c1ccc(F)cc1)n1cncc1C(CO)N1CCN(C(=O)OC(C)(C)C)CC1. The van der Waals surface area contributed by atoms with Gasteiger partial charge >= 0.3 is 12.2 Å². The fraction of sp³-hybridized carbons (Fsp3) is 0.556. The molecule has 0 radical (unpaired) electrons. The summed E-state index contributed by atoms with van der Waals surface area (Å²) in [5.74, 6) is -0.519. The van der Waals surface area contributed by atoms with Gasteiger partial charge in [-0.2, -0.15) is 0 Å². The Kier molecular flexibility index (Phi) is 16.1. The molecule has 4 aromatic rings. The van der Waals surface area contributed by atoms with Crippen molar-refractivity contribution in [1.82, 2.24) is 38.7 Å². The molecule has 61 heavy (non-hydrogen) atoms. The Morgan fingerprint density at radius 2 is 1.00 bits per heavy atom. The summed E-state index contributed by atoms with van der Waals surface area (Å²) in [5.41, 5.74) is 2.86. The van der Waals surface area contributed by atoms with Crippen LogP contribution in [-0.2, 0) is 14.2 Å². The molecule has 16 heteroatoms. The number of aliphatic hydroxyl groups excluding tert-OH is 1. The maximum atomic E-state index is 13.3. The Morgan fingerprint density at radius 3 is 1.34 bits per heavy atom. The van der Waals surface area contributed by atoms with E-state index in [1.54, 1.807) is 53.7 Å². The fourth-order valence-corrected chi connectivity index (χ4v) is 7.61. The number of halogens is 2. The maximum Gasteiger partial charge on any atom is 0.410 e. The third-order valence-corrected chi connectivity index (χ3v) is 10.9. The van der Waals surface area contributed by atoms with Gasteiger partial charge in [0.2, 0.25) is 0 Å². The van der Waals surface area contributed by atoms with E-state index in [1.807, 2.05) is 65.6 Å². The Labute approximate surface area is 359 Å². The number of ether oxygens (including phenoxy) is 3. The lowest BCUT2D eigenvalue weighted by Crippen LogP contribution is -2.51. The largest absolute Gasteiger partial charge is 0.444 e. The normalized spacial score (nSPS) is 17.5. The zero-order valence-corrected chi connectivity index (χ0v) is 37.1. The van der Waals surface area contributed by atoms with E-state index in [0.717, 1.165) is 22.5 Å². The fourth-order valence-electron chi connectivity index (χ4n) is 7.61. The molecule has 2 aliphatic heterocycles. The second-order valence-electron chi connectivity index (χ2n) is 17.6. The van der Waals surface area contributed by atoms with Gasteiger partial charge < -0.3 is 38.3 Å². The van der Waals surface area contributed by atoms with Crippen molar-refractivity contribution in [2.45, 2.75) is 90.8 Å². The highest BCUT2D eigenvalue weighted by Gasteiger charge is 2.33. The first kappa shape index (κ1) is 47.2. The number of piperazine rings is 2. The van der Waals surface area contributed by atoms with Gasteiger partial charge in [0.15, 0.2) is 0 Å². The van der Waals surface area contributed by atoms with Crippen LogP contribution in [0.25, 0.3) is 0 Å². The molecule has 0 saturated carbocycles. The molecule has 2 amide bonds. The Balaban J connectivity index is 0.000000231. The molecule has 1 N–H and O–H groups in total. The highest BCUT2D eigenvalue weighted by Crippen LogP contribution is 2.30. The summed E-state index contributed by atoms with van der Waals surface area (Å²) in [6.07, 6.45) is 6.60. The zero-order valence-electron chi connectivity index (χ0n) is 37.1. The van der Waals surface area contributed by atoms with E-state index in [0.29, 0.717) is 59.0 Å². The number of aliphatic hydroxyl groups is 1. The summed E-state index contributed by atoms with van der Waals surface area (Å²) in [7, 11) is 1.69. The number of imidazole rings is 2. The van der Waals surface area contributed by atoms with Gasteiger partial charge in [0.1, 0.15) is 22.8 Å². The highest BCUT2D eigenvalue weighted by atomic mass is 19.1. The number of nitrogens with zero attached hydrogens (tertiary/aromatic N) is 8. The first-order chi connectivity index (χ1) is 28.9. The van der Waals surface area contributed by atoms with E-state index in [1.165, 1.54) is 24.3 Å². The van der Waals surface area contributed by atoms with Crippen LogP contribution in [0, 0.1) is 11.6 Å². The molecule has 2 aromatic heterocycles. The van der Waals surface area contributed by atoms with Gasteiger partial charge in [0, 0.05) is 71.9 Å². The average Bonchev–Trinajstić information content (AvgIpc) is 3.91. The molecule has 334 valence electrons. The predicted octanol–water partition coefficient (Wildman–Crippen LogP) is 7.09. The van der Waals surface area contributed by atoms with Crippen LogP contribution in [0.5, 0.6) is 0 Å². The first-order valence-corrected chi connectivity index (χ1v) is 21.0. The van der Waals surface area contributed by atoms with Crippen molar-refractivity contribution in [2.75, 3.05) is 72.7 Å². The number of rotatable bonds is 11. The summed E-state index contributed by atoms with van der Waals surface area (Å²) in [6.45, 7) is 20.7. The van der Waals surface area contributed by atoms with Crippen molar-refractivity contribution in [3.05, 3.63) is 108 Å². The third-order valence-electron chi connectivity index (χ3n) is 10.9. The summed E-state index contributed by atoms with van der Waals surface area (Å²) >= 11 is 0. The predicted molar refractivity (Wildman–Crippen MR) is 228 cm³/mol. The van der Waals surface area contributed by atoms with Crippen molar-refractivity contribution in [1.29, 1.82) is 0 Å². The average molecular weight is 851 g/mol. The Bertz CT molecular complexity index is 1980. The van der Waals surface area contributed by atoms with E-state index >= 15 is 0 Å². The van der Waals surface area contributed by atoms with Crippen LogP contribution >= 0.6 is 0 Å². The summed E-state index contributed by atoms with van der Waals surface area (Å²) < 4.78 is 47.2. The molecule has 0 spiro atoms. The molecular weight excluding hydrogens is 787 g/mol. The standard InChI is InChI=1S/C23H33FN4O3.C22H31FN4O3/c1-17(18-6-8-19(24)9-7-18)28-16-25-14-20(28)21(15-30-5)26-10-12-27(13-11-26)22(29)31-23(2,3)4;1-16(17-5-7-18(23)8-6-17)27-15-24-13-19(27)20(14-28)25-9-11-26(12-10-25)21(29)30-22(2,3)4/h6-9,14,16-17,21H,10-13,15H2,1-5H3;5-8,13,15-16,20,28H,9-12,14H2,1-4H3/t17-,21?;16-,20?/m11/s1. The number of hydrogen-bond acceptors (Lipinski definition) is 10. The third kappa shape index (κ3) is 12.8. The monoisotopic (exact) mass is 850 g/mol. The minimum Gasteiger partial charge on any atom is -0.444 e. The lowest BCUT2D eigenvalue weighted by atomic mass is 10.1. The van der Waals surface area contributed by atoms with Gasteiger partial charge in [-0.05, 0) is 90.8 Å². The number of amides is 2.